The van der Waals surface area contributed by atoms with Crippen LogP contribution in [0.25, 0.3) is 11.0 Å². The van der Waals surface area contributed by atoms with Crippen LogP contribution in [0.4, 0.5) is 11.5 Å². The zero-order chi connectivity index (χ0) is 15.9. The molecule has 3 aromatic rings. The van der Waals surface area contributed by atoms with Gasteiger partial charge >= 0.3 is 5.97 Å². The third kappa shape index (κ3) is 2.30. The number of hydrogen-bond acceptors (Lipinski definition) is 3. The summed E-state index contributed by atoms with van der Waals surface area (Å²) in [5, 5.41) is 13.5. The van der Waals surface area contributed by atoms with Gasteiger partial charge in [0.05, 0.1) is 13.3 Å². The van der Waals surface area contributed by atoms with E-state index >= 15 is 0 Å². The molecule has 5 heteroatoms. The van der Waals surface area contributed by atoms with Crippen LogP contribution < -0.4 is 9.88 Å². The van der Waals surface area contributed by atoms with Crippen LogP contribution in [0.5, 0.6) is 0 Å². The number of hydrogen-bond donors (Lipinski definition) is 2. The number of rotatable bonds is 3. The lowest BCUT2D eigenvalue weighted by atomic mass is 10.1. The van der Waals surface area contributed by atoms with Gasteiger partial charge in [-0.1, -0.05) is 6.07 Å². The number of fused-ring (bicyclic) bond motifs is 1. The summed E-state index contributed by atoms with van der Waals surface area (Å²) in [6.07, 6.45) is 1.56. The number of furan rings is 1. The second kappa shape index (κ2) is 5.18. The molecule has 0 bridgehead atoms. The highest BCUT2D eigenvalue weighted by Gasteiger charge is 2.22. The summed E-state index contributed by atoms with van der Waals surface area (Å²) in [4.78, 5) is 11.4. The molecule has 3 rings (SSSR count). The molecule has 22 heavy (non-hydrogen) atoms. The number of carboxylic acids is 1. The van der Waals surface area contributed by atoms with E-state index in [0.29, 0.717) is 11.4 Å². The molecular formula is C17H17N2O3+. The average molecular weight is 297 g/mol. The van der Waals surface area contributed by atoms with Crippen LogP contribution >= 0.6 is 0 Å². The van der Waals surface area contributed by atoms with Gasteiger partial charge in [-0.3, -0.25) is 0 Å². The van der Waals surface area contributed by atoms with Gasteiger partial charge in [0.2, 0.25) is 5.69 Å². The van der Waals surface area contributed by atoms with Crippen LogP contribution in [0, 0.1) is 13.8 Å². The molecule has 0 radical (unpaired) electrons. The first-order valence-electron chi connectivity index (χ1n) is 6.95. The second-order valence-corrected chi connectivity index (χ2v) is 5.36. The van der Waals surface area contributed by atoms with E-state index in [-0.39, 0.29) is 5.69 Å². The van der Waals surface area contributed by atoms with Crippen molar-refractivity contribution in [1.82, 2.24) is 0 Å². The van der Waals surface area contributed by atoms with Gasteiger partial charge in [-0.25, -0.2) is 14.7 Å². The van der Waals surface area contributed by atoms with E-state index in [1.807, 2.05) is 31.2 Å². The Labute approximate surface area is 127 Å². The van der Waals surface area contributed by atoms with Crippen molar-refractivity contribution < 1.29 is 18.9 Å². The third-order valence-corrected chi connectivity index (χ3v) is 3.90. The fraction of sp³-hybridized carbons (Fsp3) is 0.176. The van der Waals surface area contributed by atoms with E-state index in [1.54, 1.807) is 17.9 Å². The predicted octanol–water partition coefficient (Wildman–Crippen LogP) is 3.32. The minimum atomic E-state index is -0.996. The van der Waals surface area contributed by atoms with Crippen LogP contribution in [-0.2, 0) is 7.05 Å². The molecule has 1 aromatic carbocycles. The molecular weight excluding hydrogens is 280 g/mol. The number of anilines is 2. The quantitative estimate of drug-likeness (QED) is 0.728. The summed E-state index contributed by atoms with van der Waals surface area (Å²) in [7, 11) is 1.72. The molecule has 0 aliphatic rings. The van der Waals surface area contributed by atoms with Crippen LogP contribution in [0.1, 0.15) is 21.6 Å². The maximum atomic E-state index is 11.4. The zero-order valence-corrected chi connectivity index (χ0v) is 12.7. The van der Waals surface area contributed by atoms with Gasteiger partial charge in [0.1, 0.15) is 16.7 Å². The number of nitrogens with one attached hydrogen (secondary N) is 1. The van der Waals surface area contributed by atoms with E-state index in [1.165, 1.54) is 17.2 Å². The first kappa shape index (κ1) is 14.1. The SMILES string of the molecule is Cc1ccc(Nc2c3ccoc3cc(C(=O)O)[n+]2C)cc1C. The normalized spacial score (nSPS) is 10.9. The lowest BCUT2D eigenvalue weighted by Gasteiger charge is -2.08. The highest BCUT2D eigenvalue weighted by atomic mass is 16.4. The number of aryl methyl sites for hydroxylation is 2. The summed E-state index contributed by atoms with van der Waals surface area (Å²) in [6.45, 7) is 4.10. The van der Waals surface area contributed by atoms with Gasteiger partial charge in [-0.05, 0) is 43.2 Å². The lowest BCUT2D eigenvalue weighted by molar-refractivity contribution is -0.658. The molecule has 0 aliphatic carbocycles. The Bertz CT molecular complexity index is 881. The Morgan fingerprint density at radius 3 is 2.64 bits per heavy atom. The van der Waals surface area contributed by atoms with Gasteiger partial charge < -0.3 is 9.52 Å². The van der Waals surface area contributed by atoms with E-state index in [0.717, 1.165) is 11.1 Å². The number of pyridine rings is 1. The van der Waals surface area contributed by atoms with Crippen molar-refractivity contribution in [2.45, 2.75) is 13.8 Å². The Balaban J connectivity index is 2.16. The van der Waals surface area contributed by atoms with Crippen molar-refractivity contribution in [3.63, 3.8) is 0 Å². The zero-order valence-electron chi connectivity index (χ0n) is 12.7. The van der Waals surface area contributed by atoms with Crippen molar-refractivity contribution in [2.24, 2.45) is 7.05 Å². The maximum Gasteiger partial charge on any atom is 0.376 e. The Morgan fingerprint density at radius 1 is 1.18 bits per heavy atom. The Kier molecular flexibility index (Phi) is 3.33. The summed E-state index contributed by atoms with van der Waals surface area (Å²) in [5.74, 6) is -0.309. The highest BCUT2D eigenvalue weighted by Crippen LogP contribution is 2.26. The minimum absolute atomic E-state index is 0.161. The molecule has 0 fully saturated rings. The van der Waals surface area contributed by atoms with Crippen LogP contribution in [0.2, 0.25) is 0 Å². The fourth-order valence-corrected chi connectivity index (χ4v) is 2.46. The number of benzene rings is 1. The molecule has 0 saturated heterocycles. The number of carboxylic acid groups (broad SMARTS) is 1. The average Bonchev–Trinajstić information content (AvgIpc) is 2.93. The van der Waals surface area contributed by atoms with Gasteiger partial charge in [0, 0.05) is 6.07 Å². The van der Waals surface area contributed by atoms with Crippen molar-refractivity contribution in [2.75, 3.05) is 5.32 Å². The first-order valence-corrected chi connectivity index (χ1v) is 6.95. The molecule has 5 nitrogen and oxygen atoms in total. The summed E-state index contributed by atoms with van der Waals surface area (Å²) >= 11 is 0. The summed E-state index contributed by atoms with van der Waals surface area (Å²) in [6, 6.07) is 9.40. The molecule has 2 N–H and O–H groups in total. The molecule has 2 aromatic heterocycles. The Hall–Kier alpha value is -2.82. The van der Waals surface area contributed by atoms with Crippen molar-refractivity contribution >= 4 is 28.4 Å². The maximum absolute atomic E-state index is 11.4. The van der Waals surface area contributed by atoms with Crippen molar-refractivity contribution in [3.05, 3.63) is 53.4 Å². The third-order valence-electron chi connectivity index (χ3n) is 3.90. The van der Waals surface area contributed by atoms with Gasteiger partial charge in [0.25, 0.3) is 5.82 Å². The molecule has 0 atom stereocenters. The van der Waals surface area contributed by atoms with Crippen molar-refractivity contribution in [1.29, 1.82) is 0 Å². The molecule has 0 unspecified atom stereocenters. The van der Waals surface area contributed by atoms with Gasteiger partial charge in [-0.2, -0.15) is 0 Å². The van der Waals surface area contributed by atoms with Gasteiger partial charge in [-0.15, -0.1) is 0 Å². The van der Waals surface area contributed by atoms with Crippen LogP contribution in [0.15, 0.2) is 41.0 Å². The molecule has 112 valence electrons. The van der Waals surface area contributed by atoms with Crippen LogP contribution in [0.3, 0.4) is 0 Å². The number of nitrogens with zero attached hydrogens (tertiary/aromatic N) is 1. The summed E-state index contributed by atoms with van der Waals surface area (Å²) < 4.78 is 6.99. The minimum Gasteiger partial charge on any atom is -0.475 e. The molecule has 0 saturated carbocycles. The molecule has 0 spiro atoms. The van der Waals surface area contributed by atoms with E-state index in [2.05, 4.69) is 12.2 Å². The fourth-order valence-electron chi connectivity index (χ4n) is 2.46. The topological polar surface area (TPSA) is 66.3 Å². The van der Waals surface area contributed by atoms with Gasteiger partial charge in [0.15, 0.2) is 0 Å². The summed E-state index contributed by atoms with van der Waals surface area (Å²) in [5.41, 5.74) is 3.99. The van der Waals surface area contributed by atoms with E-state index in [9.17, 15) is 9.90 Å². The number of carbonyl (C=O) groups is 1. The second-order valence-electron chi connectivity index (χ2n) is 5.36. The number of aromatic nitrogens is 1. The number of aromatic carboxylic acids is 1. The Morgan fingerprint density at radius 2 is 1.95 bits per heavy atom. The standard InChI is InChI=1S/C17H16N2O3/c1-10-4-5-12(8-11(10)2)18-16-13-6-7-22-15(13)9-14(17(20)21)19(16)3/h4-9H,1-3H3,(H,20,21)/p+1. The first-order chi connectivity index (χ1) is 10.5. The molecule has 0 amide bonds. The highest BCUT2D eigenvalue weighted by molar-refractivity contribution is 5.93. The monoisotopic (exact) mass is 297 g/mol. The largest absolute Gasteiger partial charge is 0.475 e. The van der Waals surface area contributed by atoms with Crippen LogP contribution in [-0.4, -0.2) is 11.1 Å². The molecule has 2 heterocycles. The lowest BCUT2D eigenvalue weighted by Crippen LogP contribution is -2.38. The molecule has 0 aliphatic heterocycles. The van der Waals surface area contributed by atoms with E-state index in [4.69, 9.17) is 4.42 Å². The van der Waals surface area contributed by atoms with Crippen molar-refractivity contribution in [3.8, 4) is 0 Å². The van der Waals surface area contributed by atoms with E-state index < -0.39 is 5.97 Å². The predicted molar refractivity (Wildman–Crippen MR) is 83.5 cm³/mol. The smallest absolute Gasteiger partial charge is 0.376 e.